The van der Waals surface area contributed by atoms with Crippen molar-refractivity contribution in [2.75, 3.05) is 39.3 Å². The molecule has 3 heterocycles. The molecule has 0 aromatic heterocycles. The number of amides is 1. The smallest absolute Gasteiger partial charge is 0.236 e. The largest absolute Gasteiger partial charge is 0.341 e. The van der Waals surface area contributed by atoms with Crippen molar-refractivity contribution in [2.24, 2.45) is 17.8 Å². The van der Waals surface area contributed by atoms with Crippen LogP contribution in [-0.4, -0.2) is 61.0 Å². The Morgan fingerprint density at radius 2 is 1.90 bits per heavy atom. The Bertz CT molecular complexity index is 336. The molecule has 4 heteroatoms. The van der Waals surface area contributed by atoms with Crippen LogP contribution in [0.2, 0.25) is 0 Å². The van der Waals surface area contributed by atoms with Crippen molar-refractivity contribution in [1.82, 2.24) is 15.1 Å². The van der Waals surface area contributed by atoms with Gasteiger partial charge in [0.1, 0.15) is 0 Å². The van der Waals surface area contributed by atoms with E-state index in [9.17, 15) is 4.79 Å². The minimum absolute atomic E-state index is 0.349. The van der Waals surface area contributed by atoms with E-state index >= 15 is 0 Å². The molecule has 3 rings (SSSR count). The lowest BCUT2D eigenvalue weighted by Gasteiger charge is -2.35. The fourth-order valence-corrected chi connectivity index (χ4v) is 4.42. The van der Waals surface area contributed by atoms with Crippen LogP contribution in [0.15, 0.2) is 0 Å². The average molecular weight is 279 g/mol. The van der Waals surface area contributed by atoms with Crippen molar-refractivity contribution in [3.8, 4) is 0 Å². The zero-order valence-corrected chi connectivity index (χ0v) is 13.0. The van der Waals surface area contributed by atoms with Crippen LogP contribution in [-0.2, 0) is 4.79 Å². The van der Waals surface area contributed by atoms with Crippen LogP contribution in [0.3, 0.4) is 0 Å². The number of piperidine rings is 2. The van der Waals surface area contributed by atoms with Gasteiger partial charge in [-0.3, -0.25) is 9.69 Å². The molecule has 3 saturated heterocycles. The van der Waals surface area contributed by atoms with Gasteiger partial charge in [-0.05, 0) is 43.6 Å². The molecule has 3 aliphatic heterocycles. The van der Waals surface area contributed by atoms with Crippen molar-refractivity contribution in [1.29, 1.82) is 0 Å². The first kappa shape index (κ1) is 14.3. The lowest BCUT2D eigenvalue weighted by Crippen LogP contribution is -2.47. The molecule has 20 heavy (non-hydrogen) atoms. The van der Waals surface area contributed by atoms with Crippen molar-refractivity contribution in [2.45, 2.75) is 39.2 Å². The molecule has 0 spiro atoms. The number of hydrogen-bond donors (Lipinski definition) is 1. The predicted molar refractivity (Wildman–Crippen MR) is 80.5 cm³/mol. The summed E-state index contributed by atoms with van der Waals surface area (Å²) in [4.78, 5) is 17.0. The molecule has 4 unspecified atom stereocenters. The molecule has 3 aliphatic rings. The van der Waals surface area contributed by atoms with Crippen molar-refractivity contribution >= 4 is 5.91 Å². The van der Waals surface area contributed by atoms with E-state index in [-0.39, 0.29) is 0 Å². The molecular formula is C16H29N3O. The molecule has 0 radical (unpaired) electrons. The van der Waals surface area contributed by atoms with Crippen LogP contribution in [0.25, 0.3) is 0 Å². The van der Waals surface area contributed by atoms with Crippen molar-refractivity contribution in [3.05, 3.63) is 0 Å². The second-order valence-electron chi connectivity index (χ2n) is 7.40. The predicted octanol–water partition coefficient (Wildman–Crippen LogP) is 1.17. The summed E-state index contributed by atoms with van der Waals surface area (Å²) in [5.41, 5.74) is 0. The maximum atomic E-state index is 12.5. The summed E-state index contributed by atoms with van der Waals surface area (Å²) >= 11 is 0. The molecule has 3 fully saturated rings. The highest BCUT2D eigenvalue weighted by atomic mass is 16.2. The number of carbonyl (C=O) groups excluding carboxylic acids is 1. The second-order valence-corrected chi connectivity index (χ2v) is 7.40. The average Bonchev–Trinajstić information content (AvgIpc) is 2.79. The lowest BCUT2D eigenvalue weighted by atomic mass is 9.92. The Hall–Kier alpha value is -0.610. The summed E-state index contributed by atoms with van der Waals surface area (Å²) < 4.78 is 0. The quantitative estimate of drug-likeness (QED) is 0.824. The summed E-state index contributed by atoms with van der Waals surface area (Å²) in [6.45, 7) is 10.4. The Balaban J connectivity index is 1.51. The fraction of sp³-hybridized carbons (Fsp3) is 0.938. The van der Waals surface area contributed by atoms with E-state index in [1.54, 1.807) is 0 Å². The Morgan fingerprint density at radius 1 is 1.15 bits per heavy atom. The van der Waals surface area contributed by atoms with Crippen LogP contribution >= 0.6 is 0 Å². The molecule has 0 bridgehead atoms. The molecule has 0 saturated carbocycles. The zero-order valence-electron chi connectivity index (χ0n) is 13.0. The lowest BCUT2D eigenvalue weighted by molar-refractivity contribution is -0.134. The molecule has 0 aliphatic carbocycles. The van der Waals surface area contributed by atoms with Crippen molar-refractivity contribution < 1.29 is 4.79 Å². The maximum Gasteiger partial charge on any atom is 0.236 e. The zero-order chi connectivity index (χ0) is 14.1. The van der Waals surface area contributed by atoms with Gasteiger partial charge in [-0.2, -0.15) is 0 Å². The van der Waals surface area contributed by atoms with E-state index < -0.39 is 0 Å². The van der Waals surface area contributed by atoms with Crippen LogP contribution in [0.1, 0.15) is 33.1 Å². The van der Waals surface area contributed by atoms with Gasteiger partial charge in [-0.25, -0.2) is 0 Å². The van der Waals surface area contributed by atoms with Gasteiger partial charge >= 0.3 is 0 Å². The fourth-order valence-electron chi connectivity index (χ4n) is 4.42. The van der Waals surface area contributed by atoms with Gasteiger partial charge < -0.3 is 10.2 Å². The van der Waals surface area contributed by atoms with Crippen molar-refractivity contribution in [3.63, 3.8) is 0 Å². The number of hydrogen-bond acceptors (Lipinski definition) is 3. The van der Waals surface area contributed by atoms with Crippen LogP contribution in [0.4, 0.5) is 0 Å². The molecule has 114 valence electrons. The first-order valence-electron chi connectivity index (χ1n) is 8.35. The Kier molecular flexibility index (Phi) is 4.32. The standard InChI is InChI=1S/C16H29N3O/c1-12-6-13(2)8-19(7-12)16(20)11-18-9-14-4-3-5-17-15(14)10-18/h12-15,17H,3-11H2,1-2H3. The molecular weight excluding hydrogens is 250 g/mol. The Labute approximate surface area is 122 Å². The first-order valence-corrected chi connectivity index (χ1v) is 8.35. The topological polar surface area (TPSA) is 35.6 Å². The highest BCUT2D eigenvalue weighted by molar-refractivity contribution is 5.78. The minimum atomic E-state index is 0.349. The summed E-state index contributed by atoms with van der Waals surface area (Å²) in [6.07, 6.45) is 3.89. The number of nitrogens with one attached hydrogen (secondary N) is 1. The number of nitrogens with zero attached hydrogens (tertiary/aromatic N) is 2. The van der Waals surface area contributed by atoms with Crippen LogP contribution in [0.5, 0.6) is 0 Å². The Morgan fingerprint density at radius 3 is 2.60 bits per heavy atom. The normalized spacial score (nSPS) is 38.8. The number of carbonyl (C=O) groups is 1. The molecule has 0 aromatic rings. The highest BCUT2D eigenvalue weighted by Crippen LogP contribution is 2.25. The van der Waals surface area contributed by atoms with E-state index in [1.807, 2.05) is 0 Å². The second kappa shape index (κ2) is 6.02. The van der Waals surface area contributed by atoms with E-state index in [1.165, 1.54) is 19.3 Å². The monoisotopic (exact) mass is 279 g/mol. The third kappa shape index (κ3) is 3.17. The number of fused-ring (bicyclic) bond motifs is 1. The summed E-state index contributed by atoms with van der Waals surface area (Å²) in [6, 6.07) is 0.635. The van der Waals surface area contributed by atoms with E-state index in [0.29, 0.717) is 30.3 Å². The van der Waals surface area contributed by atoms with Gasteiger partial charge in [0.15, 0.2) is 0 Å². The molecule has 4 atom stereocenters. The van der Waals surface area contributed by atoms with Gasteiger partial charge in [0.25, 0.3) is 0 Å². The van der Waals surface area contributed by atoms with Gasteiger partial charge in [0.05, 0.1) is 6.54 Å². The van der Waals surface area contributed by atoms with Crippen LogP contribution < -0.4 is 5.32 Å². The SMILES string of the molecule is CC1CC(C)CN(C(=O)CN2CC3CCCNC3C2)C1. The summed E-state index contributed by atoms with van der Waals surface area (Å²) in [5, 5.41) is 3.61. The minimum Gasteiger partial charge on any atom is -0.341 e. The number of rotatable bonds is 2. The summed E-state index contributed by atoms with van der Waals surface area (Å²) in [7, 11) is 0. The third-order valence-corrected chi connectivity index (χ3v) is 5.26. The molecule has 1 amide bonds. The van der Waals surface area contributed by atoms with Gasteiger partial charge in [0.2, 0.25) is 5.91 Å². The van der Waals surface area contributed by atoms with E-state index in [0.717, 1.165) is 38.6 Å². The van der Waals surface area contributed by atoms with Gasteiger partial charge in [-0.1, -0.05) is 13.8 Å². The molecule has 1 N–H and O–H groups in total. The molecule has 4 nitrogen and oxygen atoms in total. The van der Waals surface area contributed by atoms with Crippen LogP contribution in [0, 0.1) is 17.8 Å². The molecule has 0 aromatic carbocycles. The maximum absolute atomic E-state index is 12.5. The third-order valence-electron chi connectivity index (χ3n) is 5.26. The van der Waals surface area contributed by atoms with Gasteiger partial charge in [0, 0.05) is 32.2 Å². The number of likely N-dealkylation sites (tertiary alicyclic amines) is 2. The van der Waals surface area contributed by atoms with E-state index in [4.69, 9.17) is 0 Å². The highest BCUT2D eigenvalue weighted by Gasteiger charge is 2.35. The van der Waals surface area contributed by atoms with Gasteiger partial charge in [-0.15, -0.1) is 0 Å². The van der Waals surface area contributed by atoms with E-state index in [2.05, 4.69) is 29.0 Å². The summed E-state index contributed by atoms with van der Waals surface area (Å²) in [5.74, 6) is 2.44. The first-order chi connectivity index (χ1) is 9.61.